The van der Waals surface area contributed by atoms with Crippen LogP contribution in [0, 0.1) is 5.92 Å². The Bertz CT molecular complexity index is 471. The summed E-state index contributed by atoms with van der Waals surface area (Å²) >= 11 is 0. The SMILES string of the molecule is COCCNC(=O)C1CCN(Cc2ccccc2OC)CC1. The molecule has 0 spiro atoms. The number of rotatable bonds is 7. The van der Waals surface area contributed by atoms with Crippen molar-refractivity contribution in [2.24, 2.45) is 5.92 Å². The molecule has 1 aliphatic rings. The summed E-state index contributed by atoms with van der Waals surface area (Å²) in [4.78, 5) is 14.4. The van der Waals surface area contributed by atoms with Gasteiger partial charge < -0.3 is 14.8 Å². The molecule has 0 aliphatic carbocycles. The van der Waals surface area contributed by atoms with E-state index < -0.39 is 0 Å². The molecule has 1 aromatic carbocycles. The largest absolute Gasteiger partial charge is 0.496 e. The summed E-state index contributed by atoms with van der Waals surface area (Å²) in [7, 11) is 3.35. The number of ether oxygens (including phenoxy) is 2. The van der Waals surface area contributed by atoms with E-state index in [9.17, 15) is 4.79 Å². The van der Waals surface area contributed by atoms with Crippen LogP contribution in [-0.2, 0) is 16.1 Å². The van der Waals surface area contributed by atoms with Crippen molar-refractivity contribution in [1.82, 2.24) is 10.2 Å². The Morgan fingerprint density at radius 2 is 2.00 bits per heavy atom. The molecule has 0 bridgehead atoms. The molecule has 1 fully saturated rings. The number of nitrogens with one attached hydrogen (secondary N) is 1. The fourth-order valence-corrected chi connectivity index (χ4v) is 2.85. The van der Waals surface area contributed by atoms with Crippen molar-refractivity contribution in [1.29, 1.82) is 0 Å². The van der Waals surface area contributed by atoms with Crippen LogP contribution in [0.5, 0.6) is 5.75 Å². The van der Waals surface area contributed by atoms with Gasteiger partial charge in [-0.25, -0.2) is 0 Å². The summed E-state index contributed by atoms with van der Waals surface area (Å²) < 4.78 is 10.3. The van der Waals surface area contributed by atoms with Crippen LogP contribution in [0.3, 0.4) is 0 Å². The Hall–Kier alpha value is -1.59. The number of carbonyl (C=O) groups is 1. The highest BCUT2D eigenvalue weighted by molar-refractivity contribution is 5.78. The number of likely N-dealkylation sites (tertiary alicyclic amines) is 1. The predicted molar refractivity (Wildman–Crippen MR) is 85.9 cm³/mol. The third-order valence-corrected chi connectivity index (χ3v) is 4.15. The molecular formula is C17H26N2O3. The van der Waals surface area contributed by atoms with Gasteiger partial charge in [0.2, 0.25) is 5.91 Å². The molecule has 1 saturated heterocycles. The molecule has 1 amide bonds. The highest BCUT2D eigenvalue weighted by Gasteiger charge is 2.25. The van der Waals surface area contributed by atoms with Gasteiger partial charge in [-0.1, -0.05) is 18.2 Å². The lowest BCUT2D eigenvalue weighted by atomic mass is 9.95. The number of benzene rings is 1. The molecular weight excluding hydrogens is 280 g/mol. The molecule has 0 saturated carbocycles. The minimum atomic E-state index is 0.130. The van der Waals surface area contributed by atoms with E-state index in [1.807, 2.05) is 18.2 Å². The van der Waals surface area contributed by atoms with Crippen LogP contribution in [0.25, 0.3) is 0 Å². The normalized spacial score (nSPS) is 16.5. The van der Waals surface area contributed by atoms with Gasteiger partial charge in [-0.2, -0.15) is 0 Å². The van der Waals surface area contributed by atoms with Crippen LogP contribution in [0.4, 0.5) is 0 Å². The van der Waals surface area contributed by atoms with Crippen LogP contribution >= 0.6 is 0 Å². The summed E-state index contributed by atoms with van der Waals surface area (Å²) in [5.41, 5.74) is 1.20. The molecule has 1 aliphatic heterocycles. The van der Waals surface area contributed by atoms with Gasteiger partial charge in [0.25, 0.3) is 0 Å². The topological polar surface area (TPSA) is 50.8 Å². The summed E-state index contributed by atoms with van der Waals surface area (Å²) in [5, 5.41) is 2.93. The molecule has 0 atom stereocenters. The zero-order chi connectivity index (χ0) is 15.8. The number of hydrogen-bond acceptors (Lipinski definition) is 4. The quantitative estimate of drug-likeness (QED) is 0.779. The zero-order valence-corrected chi connectivity index (χ0v) is 13.5. The molecule has 1 aromatic rings. The molecule has 122 valence electrons. The van der Waals surface area contributed by atoms with Crippen molar-refractivity contribution >= 4 is 5.91 Å². The first-order valence-electron chi connectivity index (χ1n) is 7.85. The van der Waals surface area contributed by atoms with Gasteiger partial charge in [-0.3, -0.25) is 9.69 Å². The average Bonchev–Trinajstić information content (AvgIpc) is 2.56. The first-order valence-corrected chi connectivity index (χ1v) is 7.85. The number of piperidine rings is 1. The Kier molecular flexibility index (Phi) is 6.68. The predicted octanol–water partition coefficient (Wildman–Crippen LogP) is 1.67. The van der Waals surface area contributed by atoms with Crippen LogP contribution in [0.1, 0.15) is 18.4 Å². The van der Waals surface area contributed by atoms with Gasteiger partial charge in [-0.05, 0) is 32.0 Å². The number of carbonyl (C=O) groups excluding carboxylic acids is 1. The Labute approximate surface area is 132 Å². The minimum absolute atomic E-state index is 0.130. The Morgan fingerprint density at radius 1 is 1.27 bits per heavy atom. The van der Waals surface area contributed by atoms with Gasteiger partial charge in [0.05, 0.1) is 13.7 Å². The van der Waals surface area contributed by atoms with E-state index in [1.165, 1.54) is 5.56 Å². The van der Waals surface area contributed by atoms with Crippen molar-refractivity contribution < 1.29 is 14.3 Å². The van der Waals surface area contributed by atoms with Crippen molar-refractivity contribution in [3.05, 3.63) is 29.8 Å². The fourth-order valence-electron chi connectivity index (χ4n) is 2.85. The number of nitrogens with zero attached hydrogens (tertiary/aromatic N) is 1. The zero-order valence-electron chi connectivity index (χ0n) is 13.5. The maximum absolute atomic E-state index is 12.0. The third kappa shape index (κ3) is 4.71. The van der Waals surface area contributed by atoms with Crippen LogP contribution in [-0.4, -0.2) is 51.3 Å². The number of amides is 1. The molecule has 22 heavy (non-hydrogen) atoms. The highest BCUT2D eigenvalue weighted by Crippen LogP contribution is 2.23. The minimum Gasteiger partial charge on any atom is -0.496 e. The second-order valence-corrected chi connectivity index (χ2v) is 5.65. The standard InChI is InChI=1S/C17H26N2O3/c1-21-12-9-18-17(20)14-7-10-19(11-8-14)13-15-5-3-4-6-16(15)22-2/h3-6,14H,7-13H2,1-2H3,(H,18,20). The van der Waals surface area contributed by atoms with E-state index in [1.54, 1.807) is 14.2 Å². The van der Waals surface area contributed by atoms with E-state index in [2.05, 4.69) is 16.3 Å². The van der Waals surface area contributed by atoms with Gasteiger partial charge >= 0.3 is 0 Å². The van der Waals surface area contributed by atoms with Gasteiger partial charge in [0.15, 0.2) is 0 Å². The van der Waals surface area contributed by atoms with Gasteiger partial charge in [0, 0.05) is 31.7 Å². The van der Waals surface area contributed by atoms with Crippen molar-refractivity contribution in [3.63, 3.8) is 0 Å². The number of methoxy groups -OCH3 is 2. The van der Waals surface area contributed by atoms with Gasteiger partial charge in [-0.15, -0.1) is 0 Å². The summed E-state index contributed by atoms with van der Waals surface area (Å²) in [6, 6.07) is 8.11. The molecule has 5 nitrogen and oxygen atoms in total. The lowest BCUT2D eigenvalue weighted by Crippen LogP contribution is -2.41. The molecule has 0 aromatic heterocycles. The summed E-state index contributed by atoms with van der Waals surface area (Å²) in [5.74, 6) is 1.22. The van der Waals surface area contributed by atoms with E-state index in [0.29, 0.717) is 13.2 Å². The summed E-state index contributed by atoms with van der Waals surface area (Å²) in [6.07, 6.45) is 1.82. The molecule has 0 unspecified atom stereocenters. The first-order chi connectivity index (χ1) is 10.7. The fraction of sp³-hybridized carbons (Fsp3) is 0.588. The van der Waals surface area contributed by atoms with Crippen LogP contribution < -0.4 is 10.1 Å². The Balaban J connectivity index is 1.78. The molecule has 1 N–H and O–H groups in total. The number of para-hydroxylation sites is 1. The van der Waals surface area contributed by atoms with Crippen molar-refractivity contribution in [3.8, 4) is 5.75 Å². The molecule has 0 radical (unpaired) electrons. The monoisotopic (exact) mass is 306 g/mol. The lowest BCUT2D eigenvalue weighted by molar-refractivity contribution is -0.126. The first kappa shape index (κ1) is 16.8. The van der Waals surface area contributed by atoms with Crippen LogP contribution in [0.15, 0.2) is 24.3 Å². The van der Waals surface area contributed by atoms with E-state index in [4.69, 9.17) is 9.47 Å². The van der Waals surface area contributed by atoms with Gasteiger partial charge in [0.1, 0.15) is 5.75 Å². The van der Waals surface area contributed by atoms with Crippen LogP contribution in [0.2, 0.25) is 0 Å². The maximum atomic E-state index is 12.0. The maximum Gasteiger partial charge on any atom is 0.223 e. The second-order valence-electron chi connectivity index (χ2n) is 5.65. The van der Waals surface area contributed by atoms with Crippen molar-refractivity contribution in [2.45, 2.75) is 19.4 Å². The molecule has 5 heteroatoms. The van der Waals surface area contributed by atoms with E-state index in [-0.39, 0.29) is 11.8 Å². The Morgan fingerprint density at radius 3 is 2.68 bits per heavy atom. The molecule has 1 heterocycles. The van der Waals surface area contributed by atoms with E-state index in [0.717, 1.165) is 38.2 Å². The second kappa shape index (κ2) is 8.76. The van der Waals surface area contributed by atoms with Crippen molar-refractivity contribution in [2.75, 3.05) is 40.5 Å². The lowest BCUT2D eigenvalue weighted by Gasteiger charge is -2.31. The third-order valence-electron chi connectivity index (χ3n) is 4.15. The van der Waals surface area contributed by atoms with E-state index >= 15 is 0 Å². The smallest absolute Gasteiger partial charge is 0.223 e. The highest BCUT2D eigenvalue weighted by atomic mass is 16.5. The average molecular weight is 306 g/mol. The molecule has 2 rings (SSSR count). The number of hydrogen-bond donors (Lipinski definition) is 1. The summed E-state index contributed by atoms with van der Waals surface area (Å²) in [6.45, 7) is 3.93.